The molecular formula is C28H30N2O5. The Hall–Kier alpha value is -4.13. The van der Waals surface area contributed by atoms with Gasteiger partial charge in [0, 0.05) is 24.7 Å². The number of aryl methyl sites for hydroxylation is 1. The Morgan fingerprint density at radius 3 is 2.31 bits per heavy atom. The molecule has 0 heterocycles. The minimum atomic E-state index is -0.321. The summed E-state index contributed by atoms with van der Waals surface area (Å²) < 4.78 is 10.2. The van der Waals surface area contributed by atoms with Gasteiger partial charge in [-0.15, -0.1) is 0 Å². The normalized spacial score (nSPS) is 10.3. The summed E-state index contributed by atoms with van der Waals surface area (Å²) in [7, 11) is 3.14. The Balaban J connectivity index is 1.57. The monoisotopic (exact) mass is 474 g/mol. The van der Waals surface area contributed by atoms with Crippen LogP contribution in [0.1, 0.15) is 40.7 Å². The molecule has 0 bridgehead atoms. The molecule has 3 aromatic carbocycles. The minimum absolute atomic E-state index is 0.125. The van der Waals surface area contributed by atoms with Gasteiger partial charge in [0.2, 0.25) is 0 Å². The molecule has 0 aliphatic heterocycles. The van der Waals surface area contributed by atoms with Crippen LogP contribution < -0.4 is 19.7 Å². The third kappa shape index (κ3) is 7.17. The highest BCUT2D eigenvalue weighted by Crippen LogP contribution is 2.30. The van der Waals surface area contributed by atoms with Crippen LogP contribution in [-0.2, 0) is 11.2 Å². The number of ketones is 1. The van der Waals surface area contributed by atoms with Crippen molar-refractivity contribution >= 4 is 24.0 Å². The summed E-state index contributed by atoms with van der Waals surface area (Å²) >= 11 is 0. The molecule has 2 amide bonds. The molecular weight excluding hydrogens is 444 g/mol. The number of amides is 2. The maximum atomic E-state index is 12.9. The summed E-state index contributed by atoms with van der Waals surface area (Å²) in [4.78, 5) is 37.9. The van der Waals surface area contributed by atoms with E-state index in [1.54, 1.807) is 50.6 Å². The fourth-order valence-electron chi connectivity index (χ4n) is 3.69. The van der Waals surface area contributed by atoms with Crippen LogP contribution in [0.3, 0.4) is 0 Å². The van der Waals surface area contributed by atoms with Crippen LogP contribution in [0, 0.1) is 0 Å². The fourth-order valence-corrected chi connectivity index (χ4v) is 3.69. The van der Waals surface area contributed by atoms with E-state index >= 15 is 0 Å². The molecule has 0 atom stereocenters. The first kappa shape index (κ1) is 25.5. The zero-order chi connectivity index (χ0) is 25.0. The first-order valence-corrected chi connectivity index (χ1v) is 11.5. The fraction of sp³-hybridized carbons (Fsp3) is 0.250. The Bertz CT molecular complexity index is 1130. The zero-order valence-electron chi connectivity index (χ0n) is 20.0. The van der Waals surface area contributed by atoms with E-state index in [1.807, 2.05) is 18.2 Å². The molecule has 0 fully saturated rings. The summed E-state index contributed by atoms with van der Waals surface area (Å²) in [6.45, 7) is 0.814. The highest BCUT2D eigenvalue weighted by Gasteiger charge is 2.18. The van der Waals surface area contributed by atoms with Gasteiger partial charge in [-0.1, -0.05) is 36.8 Å². The van der Waals surface area contributed by atoms with Gasteiger partial charge in [-0.3, -0.25) is 14.5 Å². The second-order valence-corrected chi connectivity index (χ2v) is 8.04. The van der Waals surface area contributed by atoms with Crippen molar-refractivity contribution in [1.29, 1.82) is 0 Å². The second kappa shape index (κ2) is 12.9. The van der Waals surface area contributed by atoms with E-state index in [4.69, 9.17) is 9.47 Å². The standard InChI is InChI=1S/C28H30N2O5/c1-30(28(33)29-18-8-4-7-11-21-9-5-3-6-10-21)25-17-14-23(19-26(25)35-20-31)27(32)22-12-15-24(34-2)16-13-22/h3,5-6,9-10,12-17,19-20H,4,7-8,11,18H2,1-2H3,(H,29,33). The quantitative estimate of drug-likeness (QED) is 0.226. The van der Waals surface area contributed by atoms with Crippen LogP contribution in [0.15, 0.2) is 72.8 Å². The molecule has 0 aliphatic carbocycles. The van der Waals surface area contributed by atoms with Gasteiger partial charge < -0.3 is 14.8 Å². The number of nitrogens with one attached hydrogen (secondary N) is 1. The van der Waals surface area contributed by atoms with Crippen LogP contribution in [0.4, 0.5) is 10.5 Å². The lowest BCUT2D eigenvalue weighted by Crippen LogP contribution is -2.38. The number of unbranched alkanes of at least 4 members (excludes halogenated alkanes) is 2. The Labute approximate surface area is 205 Å². The molecule has 182 valence electrons. The Kier molecular flexibility index (Phi) is 9.42. The highest BCUT2D eigenvalue weighted by molar-refractivity contribution is 6.09. The van der Waals surface area contributed by atoms with E-state index < -0.39 is 0 Å². The smallest absolute Gasteiger partial charge is 0.321 e. The molecule has 0 radical (unpaired) electrons. The number of benzene rings is 3. The van der Waals surface area contributed by atoms with Crippen molar-refractivity contribution < 1.29 is 23.9 Å². The number of urea groups is 1. The van der Waals surface area contributed by atoms with E-state index in [2.05, 4.69) is 17.4 Å². The number of ether oxygens (including phenoxy) is 2. The van der Waals surface area contributed by atoms with Crippen LogP contribution in [0.2, 0.25) is 0 Å². The summed E-state index contributed by atoms with van der Waals surface area (Å²) in [5.74, 6) is 0.531. The van der Waals surface area contributed by atoms with Crippen LogP contribution >= 0.6 is 0 Å². The SMILES string of the molecule is COc1ccc(C(=O)c2ccc(N(C)C(=O)NCCCCCc3ccccc3)c(OC=O)c2)cc1. The van der Waals surface area contributed by atoms with E-state index in [9.17, 15) is 14.4 Å². The molecule has 7 heteroatoms. The number of rotatable bonds is 12. The van der Waals surface area contributed by atoms with E-state index in [-0.39, 0.29) is 24.0 Å². The van der Waals surface area contributed by atoms with Gasteiger partial charge in [0.1, 0.15) is 5.75 Å². The topological polar surface area (TPSA) is 84.9 Å². The number of carbonyl (C=O) groups excluding carboxylic acids is 3. The Morgan fingerprint density at radius 1 is 0.914 bits per heavy atom. The largest absolute Gasteiger partial charge is 0.497 e. The number of hydrogen-bond acceptors (Lipinski definition) is 5. The van der Waals surface area contributed by atoms with E-state index in [0.29, 0.717) is 29.1 Å². The molecule has 1 N–H and O–H groups in total. The Morgan fingerprint density at radius 2 is 1.63 bits per heavy atom. The average Bonchev–Trinajstić information content (AvgIpc) is 2.90. The van der Waals surface area contributed by atoms with E-state index in [1.165, 1.54) is 16.5 Å². The summed E-state index contributed by atoms with van der Waals surface area (Å²) in [5.41, 5.74) is 2.50. The number of nitrogens with zero attached hydrogens (tertiary/aromatic N) is 1. The first-order valence-electron chi connectivity index (χ1n) is 11.5. The molecule has 0 unspecified atom stereocenters. The van der Waals surface area contributed by atoms with Gasteiger partial charge in [0.15, 0.2) is 11.5 Å². The third-order valence-corrected chi connectivity index (χ3v) is 5.68. The lowest BCUT2D eigenvalue weighted by Gasteiger charge is -2.20. The zero-order valence-corrected chi connectivity index (χ0v) is 20.0. The third-order valence-electron chi connectivity index (χ3n) is 5.68. The summed E-state index contributed by atoms with van der Waals surface area (Å²) in [6, 6.07) is 21.4. The second-order valence-electron chi connectivity index (χ2n) is 8.04. The summed E-state index contributed by atoms with van der Waals surface area (Å²) in [5, 5.41) is 2.89. The minimum Gasteiger partial charge on any atom is -0.497 e. The molecule has 0 spiro atoms. The van der Waals surface area contributed by atoms with Gasteiger partial charge in [-0.05, 0) is 67.3 Å². The number of methoxy groups -OCH3 is 1. The maximum Gasteiger partial charge on any atom is 0.321 e. The van der Waals surface area contributed by atoms with Crippen LogP contribution in [-0.4, -0.2) is 39.0 Å². The van der Waals surface area contributed by atoms with Crippen molar-refractivity contribution in [3.8, 4) is 11.5 Å². The maximum absolute atomic E-state index is 12.9. The van der Waals surface area contributed by atoms with Crippen LogP contribution in [0.5, 0.6) is 11.5 Å². The number of hydrogen-bond donors (Lipinski definition) is 1. The average molecular weight is 475 g/mol. The predicted molar refractivity (Wildman–Crippen MR) is 135 cm³/mol. The highest BCUT2D eigenvalue weighted by atomic mass is 16.5. The van der Waals surface area contributed by atoms with Crippen molar-refractivity contribution in [2.75, 3.05) is 25.6 Å². The lowest BCUT2D eigenvalue weighted by molar-refractivity contribution is -0.120. The molecule has 0 saturated heterocycles. The molecule has 3 rings (SSSR count). The summed E-state index contributed by atoms with van der Waals surface area (Å²) in [6.07, 6.45) is 3.93. The number of anilines is 1. The predicted octanol–water partition coefficient (Wildman–Crippen LogP) is 5.02. The van der Waals surface area contributed by atoms with Gasteiger partial charge in [0.05, 0.1) is 12.8 Å². The van der Waals surface area contributed by atoms with Crippen molar-refractivity contribution in [2.24, 2.45) is 0 Å². The van der Waals surface area contributed by atoms with Crippen molar-refractivity contribution in [1.82, 2.24) is 5.32 Å². The molecule has 0 saturated carbocycles. The molecule has 0 aromatic heterocycles. The van der Waals surface area contributed by atoms with Crippen LogP contribution in [0.25, 0.3) is 0 Å². The number of carbonyl (C=O) groups is 3. The van der Waals surface area contributed by atoms with Crippen molar-refractivity contribution in [3.63, 3.8) is 0 Å². The van der Waals surface area contributed by atoms with Crippen molar-refractivity contribution in [2.45, 2.75) is 25.7 Å². The van der Waals surface area contributed by atoms with Gasteiger partial charge in [0.25, 0.3) is 6.47 Å². The lowest BCUT2D eigenvalue weighted by atomic mass is 10.0. The van der Waals surface area contributed by atoms with Gasteiger partial charge in [-0.25, -0.2) is 4.79 Å². The molecule has 7 nitrogen and oxygen atoms in total. The van der Waals surface area contributed by atoms with E-state index in [0.717, 1.165) is 25.7 Å². The molecule has 35 heavy (non-hydrogen) atoms. The molecule has 0 aliphatic rings. The van der Waals surface area contributed by atoms with Crippen molar-refractivity contribution in [3.05, 3.63) is 89.5 Å². The first-order chi connectivity index (χ1) is 17.0. The van der Waals surface area contributed by atoms with Gasteiger partial charge >= 0.3 is 6.03 Å². The van der Waals surface area contributed by atoms with Gasteiger partial charge in [-0.2, -0.15) is 0 Å². The molecule has 3 aromatic rings.